The van der Waals surface area contributed by atoms with Crippen LogP contribution in [0.25, 0.3) is 0 Å². The van der Waals surface area contributed by atoms with E-state index in [1.807, 2.05) is 31.2 Å². The third-order valence-corrected chi connectivity index (χ3v) is 1.95. The van der Waals surface area contributed by atoms with Gasteiger partial charge < -0.3 is 14.9 Å². The number of benzene rings is 1. The number of hydrogen-bond donors (Lipinski definition) is 2. The molecule has 3 heteroatoms. The Morgan fingerprint density at radius 3 is 2.50 bits per heavy atom. The SMILES string of the molecule is Cc1ccc(OCCC(O)CO)cc1. The predicted molar refractivity (Wildman–Crippen MR) is 54.4 cm³/mol. The number of ether oxygens (including phenoxy) is 1. The van der Waals surface area contributed by atoms with Gasteiger partial charge in [-0.05, 0) is 19.1 Å². The first kappa shape index (κ1) is 11.0. The minimum absolute atomic E-state index is 0.211. The molecule has 14 heavy (non-hydrogen) atoms. The molecular formula is C11H16O3. The van der Waals surface area contributed by atoms with Crippen LogP contribution in [0.4, 0.5) is 0 Å². The molecule has 0 heterocycles. The maximum absolute atomic E-state index is 9.05. The molecule has 0 amide bonds. The molecule has 1 unspecified atom stereocenters. The van der Waals surface area contributed by atoms with Gasteiger partial charge >= 0.3 is 0 Å². The van der Waals surface area contributed by atoms with Gasteiger partial charge in [-0.3, -0.25) is 0 Å². The van der Waals surface area contributed by atoms with E-state index < -0.39 is 6.10 Å². The number of aryl methyl sites for hydroxylation is 1. The molecule has 3 nitrogen and oxygen atoms in total. The highest BCUT2D eigenvalue weighted by Gasteiger charge is 2.01. The number of hydrogen-bond acceptors (Lipinski definition) is 3. The van der Waals surface area contributed by atoms with Crippen molar-refractivity contribution >= 4 is 0 Å². The lowest BCUT2D eigenvalue weighted by molar-refractivity contribution is 0.0754. The average molecular weight is 196 g/mol. The first-order valence-electron chi connectivity index (χ1n) is 4.71. The van der Waals surface area contributed by atoms with Crippen LogP contribution in [-0.2, 0) is 0 Å². The van der Waals surface area contributed by atoms with Crippen LogP contribution in [0.5, 0.6) is 5.75 Å². The Balaban J connectivity index is 2.28. The summed E-state index contributed by atoms with van der Waals surface area (Å²) in [5, 5.41) is 17.6. The zero-order valence-electron chi connectivity index (χ0n) is 8.31. The molecular weight excluding hydrogens is 180 g/mol. The van der Waals surface area contributed by atoms with E-state index in [0.29, 0.717) is 13.0 Å². The Hall–Kier alpha value is -1.06. The average Bonchev–Trinajstić information content (AvgIpc) is 2.21. The van der Waals surface area contributed by atoms with Gasteiger partial charge in [-0.15, -0.1) is 0 Å². The highest BCUT2D eigenvalue weighted by molar-refractivity contribution is 5.26. The topological polar surface area (TPSA) is 49.7 Å². The van der Waals surface area contributed by atoms with Crippen LogP contribution in [0, 0.1) is 6.92 Å². The van der Waals surface area contributed by atoms with Crippen LogP contribution in [0.1, 0.15) is 12.0 Å². The first-order valence-corrected chi connectivity index (χ1v) is 4.71. The fraction of sp³-hybridized carbons (Fsp3) is 0.455. The van der Waals surface area contributed by atoms with Gasteiger partial charge in [0, 0.05) is 6.42 Å². The molecule has 1 aromatic rings. The molecule has 1 atom stereocenters. The molecule has 0 aliphatic heterocycles. The molecule has 1 aromatic carbocycles. The Kier molecular flexibility index (Phi) is 4.43. The van der Waals surface area contributed by atoms with Crippen LogP contribution in [0.2, 0.25) is 0 Å². The fourth-order valence-corrected chi connectivity index (χ4v) is 1.04. The molecule has 2 N–H and O–H groups in total. The maximum atomic E-state index is 9.05. The lowest BCUT2D eigenvalue weighted by Crippen LogP contribution is -2.15. The van der Waals surface area contributed by atoms with E-state index in [1.165, 1.54) is 5.56 Å². The summed E-state index contributed by atoms with van der Waals surface area (Å²) in [6.45, 7) is 2.22. The van der Waals surface area contributed by atoms with Crippen molar-refractivity contribution in [1.82, 2.24) is 0 Å². The summed E-state index contributed by atoms with van der Waals surface area (Å²) in [4.78, 5) is 0. The van der Waals surface area contributed by atoms with Gasteiger partial charge in [0.1, 0.15) is 5.75 Å². The second-order valence-corrected chi connectivity index (χ2v) is 3.29. The number of aliphatic hydroxyl groups excluding tert-OH is 2. The van der Waals surface area contributed by atoms with E-state index in [-0.39, 0.29) is 6.61 Å². The molecule has 0 aliphatic carbocycles. The van der Waals surface area contributed by atoms with E-state index in [0.717, 1.165) is 5.75 Å². The van der Waals surface area contributed by atoms with Crippen LogP contribution in [0.3, 0.4) is 0 Å². The first-order chi connectivity index (χ1) is 6.72. The molecule has 0 spiro atoms. The minimum Gasteiger partial charge on any atom is -0.493 e. The molecule has 0 aromatic heterocycles. The Labute approximate surface area is 84.0 Å². The van der Waals surface area contributed by atoms with E-state index in [1.54, 1.807) is 0 Å². The fourth-order valence-electron chi connectivity index (χ4n) is 1.04. The molecule has 0 aliphatic rings. The molecule has 0 saturated carbocycles. The van der Waals surface area contributed by atoms with Gasteiger partial charge in [0.05, 0.1) is 19.3 Å². The van der Waals surface area contributed by atoms with Crippen molar-refractivity contribution in [2.24, 2.45) is 0 Å². The van der Waals surface area contributed by atoms with E-state index in [9.17, 15) is 0 Å². The minimum atomic E-state index is -0.680. The highest BCUT2D eigenvalue weighted by Crippen LogP contribution is 2.11. The molecule has 0 radical (unpaired) electrons. The standard InChI is InChI=1S/C11H16O3/c1-9-2-4-11(5-3-9)14-7-6-10(13)8-12/h2-5,10,12-13H,6-8H2,1H3. The molecule has 0 saturated heterocycles. The summed E-state index contributed by atoms with van der Waals surface area (Å²) >= 11 is 0. The summed E-state index contributed by atoms with van der Waals surface area (Å²) in [5.41, 5.74) is 1.19. The molecule has 78 valence electrons. The second-order valence-electron chi connectivity index (χ2n) is 3.29. The van der Waals surface area contributed by atoms with Crippen molar-refractivity contribution in [3.05, 3.63) is 29.8 Å². The zero-order valence-corrected chi connectivity index (χ0v) is 8.31. The van der Waals surface area contributed by atoms with Crippen LogP contribution in [-0.4, -0.2) is 29.5 Å². The largest absolute Gasteiger partial charge is 0.493 e. The van der Waals surface area contributed by atoms with Gasteiger partial charge in [-0.1, -0.05) is 17.7 Å². The Bertz CT molecular complexity index is 256. The summed E-state index contributed by atoms with van der Waals surface area (Å²) in [7, 11) is 0. The van der Waals surface area contributed by atoms with Crippen molar-refractivity contribution in [2.45, 2.75) is 19.4 Å². The van der Waals surface area contributed by atoms with Gasteiger partial charge in [-0.25, -0.2) is 0 Å². The third kappa shape index (κ3) is 3.77. The van der Waals surface area contributed by atoms with E-state index >= 15 is 0 Å². The molecule has 0 bridgehead atoms. The normalized spacial score (nSPS) is 12.5. The number of aliphatic hydroxyl groups is 2. The lowest BCUT2D eigenvalue weighted by Gasteiger charge is -2.08. The summed E-state index contributed by atoms with van der Waals surface area (Å²) in [6.07, 6.45) is -0.231. The van der Waals surface area contributed by atoms with Crippen molar-refractivity contribution in [1.29, 1.82) is 0 Å². The van der Waals surface area contributed by atoms with Gasteiger partial charge in [0.2, 0.25) is 0 Å². The number of rotatable bonds is 5. The summed E-state index contributed by atoms with van der Waals surface area (Å²) < 4.78 is 5.36. The van der Waals surface area contributed by atoms with Gasteiger partial charge in [0.15, 0.2) is 0 Å². The second kappa shape index (κ2) is 5.62. The highest BCUT2D eigenvalue weighted by atomic mass is 16.5. The van der Waals surface area contributed by atoms with Crippen molar-refractivity contribution in [3.63, 3.8) is 0 Å². The predicted octanol–water partition coefficient (Wildman–Crippen LogP) is 1.12. The van der Waals surface area contributed by atoms with Gasteiger partial charge in [0.25, 0.3) is 0 Å². The Morgan fingerprint density at radius 2 is 1.93 bits per heavy atom. The van der Waals surface area contributed by atoms with E-state index in [4.69, 9.17) is 14.9 Å². The third-order valence-electron chi connectivity index (χ3n) is 1.95. The smallest absolute Gasteiger partial charge is 0.119 e. The summed E-state index contributed by atoms with van der Waals surface area (Å²) in [6, 6.07) is 7.72. The maximum Gasteiger partial charge on any atom is 0.119 e. The lowest BCUT2D eigenvalue weighted by atomic mass is 10.2. The molecule has 0 fully saturated rings. The van der Waals surface area contributed by atoms with E-state index in [2.05, 4.69) is 0 Å². The van der Waals surface area contributed by atoms with Crippen molar-refractivity contribution in [2.75, 3.05) is 13.2 Å². The van der Waals surface area contributed by atoms with Crippen LogP contribution < -0.4 is 4.74 Å². The van der Waals surface area contributed by atoms with Crippen molar-refractivity contribution < 1.29 is 14.9 Å². The molecule has 1 rings (SSSR count). The van der Waals surface area contributed by atoms with Crippen molar-refractivity contribution in [3.8, 4) is 5.75 Å². The van der Waals surface area contributed by atoms with Crippen LogP contribution in [0.15, 0.2) is 24.3 Å². The quantitative estimate of drug-likeness (QED) is 0.742. The van der Waals surface area contributed by atoms with Crippen LogP contribution >= 0.6 is 0 Å². The monoisotopic (exact) mass is 196 g/mol. The summed E-state index contributed by atoms with van der Waals surface area (Å²) in [5.74, 6) is 0.792. The zero-order chi connectivity index (χ0) is 10.4. The Morgan fingerprint density at radius 1 is 1.29 bits per heavy atom. The van der Waals surface area contributed by atoms with Gasteiger partial charge in [-0.2, -0.15) is 0 Å².